The third-order valence-corrected chi connectivity index (χ3v) is 1.41. The Hall–Kier alpha value is -1.32. The van der Waals surface area contributed by atoms with Crippen LogP contribution in [0.15, 0.2) is 11.6 Å². The number of allylic oxidation sites excluding steroid dienone is 1. The second-order valence-corrected chi connectivity index (χ2v) is 2.54. The lowest BCUT2D eigenvalue weighted by atomic mass is 10.2. The summed E-state index contributed by atoms with van der Waals surface area (Å²) in [5, 5.41) is 8.32. The van der Waals surface area contributed by atoms with Crippen molar-refractivity contribution in [3.63, 3.8) is 0 Å². The molecule has 1 N–H and O–H groups in total. The van der Waals surface area contributed by atoms with Gasteiger partial charge in [0.15, 0.2) is 0 Å². The Kier molecular flexibility index (Phi) is 5.59. The van der Waals surface area contributed by atoms with E-state index in [2.05, 4.69) is 0 Å². The van der Waals surface area contributed by atoms with E-state index in [0.717, 1.165) is 0 Å². The van der Waals surface area contributed by atoms with Crippen LogP contribution in [-0.2, 0) is 14.3 Å². The molecule has 74 valence electrons. The van der Waals surface area contributed by atoms with Gasteiger partial charge in [0.25, 0.3) is 0 Å². The number of carbonyl (C=O) groups is 2. The molecule has 0 saturated heterocycles. The molecule has 0 atom stereocenters. The molecule has 4 nitrogen and oxygen atoms in total. The second kappa shape index (κ2) is 6.22. The maximum absolute atomic E-state index is 11.0. The van der Waals surface area contributed by atoms with Crippen molar-refractivity contribution in [1.82, 2.24) is 0 Å². The van der Waals surface area contributed by atoms with E-state index in [4.69, 9.17) is 9.84 Å². The average Bonchev–Trinajstić information content (AvgIpc) is 2.04. The SMILES string of the molecule is CCOC(=O)/C(C)=C/CCC(=O)O. The predicted molar refractivity (Wildman–Crippen MR) is 47.3 cm³/mol. The lowest BCUT2D eigenvalue weighted by Gasteiger charge is -2.00. The number of ether oxygens (including phenoxy) is 1. The molecule has 0 aliphatic heterocycles. The number of hydrogen-bond acceptors (Lipinski definition) is 3. The summed E-state index contributed by atoms with van der Waals surface area (Å²) in [6.45, 7) is 3.67. The van der Waals surface area contributed by atoms with Gasteiger partial charge in [-0.3, -0.25) is 4.79 Å². The van der Waals surface area contributed by atoms with Gasteiger partial charge in [0.1, 0.15) is 0 Å². The number of aliphatic carboxylic acids is 1. The van der Waals surface area contributed by atoms with E-state index < -0.39 is 5.97 Å². The first-order valence-electron chi connectivity index (χ1n) is 4.13. The van der Waals surface area contributed by atoms with Gasteiger partial charge in [-0.25, -0.2) is 4.79 Å². The van der Waals surface area contributed by atoms with E-state index in [1.165, 1.54) is 0 Å². The summed E-state index contributed by atoms with van der Waals surface area (Å²) < 4.78 is 4.71. The van der Waals surface area contributed by atoms with Crippen LogP contribution in [-0.4, -0.2) is 23.7 Å². The fourth-order valence-electron chi connectivity index (χ4n) is 0.740. The molecule has 0 aliphatic rings. The van der Waals surface area contributed by atoms with Crippen LogP contribution in [0.25, 0.3) is 0 Å². The highest BCUT2D eigenvalue weighted by Gasteiger charge is 2.03. The molecule has 0 heterocycles. The summed E-state index contributed by atoms with van der Waals surface area (Å²) >= 11 is 0. The van der Waals surface area contributed by atoms with Crippen molar-refractivity contribution in [2.75, 3.05) is 6.61 Å². The van der Waals surface area contributed by atoms with Crippen LogP contribution in [0.3, 0.4) is 0 Å². The smallest absolute Gasteiger partial charge is 0.333 e. The molecule has 0 unspecified atom stereocenters. The summed E-state index contributed by atoms with van der Waals surface area (Å²) in [5.41, 5.74) is 0.461. The molecule has 0 aromatic carbocycles. The van der Waals surface area contributed by atoms with Gasteiger partial charge in [-0.05, 0) is 20.3 Å². The Balaban J connectivity index is 3.87. The van der Waals surface area contributed by atoms with Crippen molar-refractivity contribution in [2.45, 2.75) is 26.7 Å². The zero-order chi connectivity index (χ0) is 10.3. The maximum atomic E-state index is 11.0. The van der Waals surface area contributed by atoms with Crippen molar-refractivity contribution in [3.8, 4) is 0 Å². The van der Waals surface area contributed by atoms with E-state index in [-0.39, 0.29) is 12.4 Å². The fourth-order valence-corrected chi connectivity index (χ4v) is 0.740. The molecule has 0 radical (unpaired) electrons. The van der Waals surface area contributed by atoms with E-state index in [1.54, 1.807) is 19.9 Å². The van der Waals surface area contributed by atoms with Gasteiger partial charge >= 0.3 is 11.9 Å². The van der Waals surface area contributed by atoms with Crippen LogP contribution < -0.4 is 0 Å². The van der Waals surface area contributed by atoms with Gasteiger partial charge < -0.3 is 9.84 Å². The van der Waals surface area contributed by atoms with Crippen LogP contribution in [0.1, 0.15) is 26.7 Å². The number of esters is 1. The van der Waals surface area contributed by atoms with Gasteiger partial charge in [-0.15, -0.1) is 0 Å². The van der Waals surface area contributed by atoms with Crippen LogP contribution >= 0.6 is 0 Å². The van der Waals surface area contributed by atoms with Crippen molar-refractivity contribution < 1.29 is 19.4 Å². The minimum atomic E-state index is -0.868. The molecule has 4 heteroatoms. The van der Waals surface area contributed by atoms with Gasteiger partial charge in [0.05, 0.1) is 6.61 Å². The first-order chi connectivity index (χ1) is 6.07. The first-order valence-corrected chi connectivity index (χ1v) is 4.13. The van der Waals surface area contributed by atoms with Crippen LogP contribution in [0.5, 0.6) is 0 Å². The molecular formula is C9H14O4. The summed E-state index contributed by atoms with van der Waals surface area (Å²) in [4.78, 5) is 21.1. The topological polar surface area (TPSA) is 63.6 Å². The summed E-state index contributed by atoms with van der Waals surface area (Å²) in [6.07, 6.45) is 1.98. The Morgan fingerprint density at radius 3 is 2.54 bits per heavy atom. The molecule has 0 aromatic rings. The van der Waals surface area contributed by atoms with E-state index in [1.807, 2.05) is 0 Å². The highest BCUT2D eigenvalue weighted by atomic mass is 16.5. The van der Waals surface area contributed by atoms with Crippen molar-refractivity contribution in [2.24, 2.45) is 0 Å². The molecule has 0 amide bonds. The van der Waals surface area contributed by atoms with Crippen LogP contribution in [0.4, 0.5) is 0 Å². The largest absolute Gasteiger partial charge is 0.481 e. The van der Waals surface area contributed by atoms with Gasteiger partial charge in [0, 0.05) is 12.0 Å². The molecule has 0 rings (SSSR count). The molecule has 0 aliphatic carbocycles. The Labute approximate surface area is 77.2 Å². The second-order valence-electron chi connectivity index (χ2n) is 2.54. The van der Waals surface area contributed by atoms with E-state index in [0.29, 0.717) is 18.6 Å². The van der Waals surface area contributed by atoms with Crippen molar-refractivity contribution >= 4 is 11.9 Å². The van der Waals surface area contributed by atoms with Gasteiger partial charge in [-0.1, -0.05) is 6.08 Å². The van der Waals surface area contributed by atoms with Gasteiger partial charge in [-0.2, -0.15) is 0 Å². The highest BCUT2D eigenvalue weighted by Crippen LogP contribution is 2.00. The normalized spacial score (nSPS) is 11.1. The number of hydrogen-bond donors (Lipinski definition) is 1. The van der Waals surface area contributed by atoms with E-state index in [9.17, 15) is 9.59 Å². The van der Waals surface area contributed by atoms with Crippen LogP contribution in [0, 0.1) is 0 Å². The average molecular weight is 186 g/mol. The predicted octanol–water partition coefficient (Wildman–Crippen LogP) is 1.36. The third-order valence-electron chi connectivity index (χ3n) is 1.41. The molecule has 0 saturated carbocycles. The zero-order valence-corrected chi connectivity index (χ0v) is 7.87. The molecule has 0 fully saturated rings. The van der Waals surface area contributed by atoms with E-state index >= 15 is 0 Å². The summed E-state index contributed by atoms with van der Waals surface area (Å²) in [7, 11) is 0. The van der Waals surface area contributed by atoms with Gasteiger partial charge in [0.2, 0.25) is 0 Å². The summed E-state index contributed by atoms with van der Waals surface area (Å²) in [5.74, 6) is -1.25. The minimum Gasteiger partial charge on any atom is -0.481 e. The number of carboxylic acids is 1. The Morgan fingerprint density at radius 2 is 2.08 bits per heavy atom. The lowest BCUT2D eigenvalue weighted by Crippen LogP contribution is -2.05. The van der Waals surface area contributed by atoms with Crippen LogP contribution in [0.2, 0.25) is 0 Å². The monoisotopic (exact) mass is 186 g/mol. The molecule has 0 spiro atoms. The molecule has 0 aromatic heterocycles. The standard InChI is InChI=1S/C9H14O4/c1-3-13-9(12)7(2)5-4-6-8(10)11/h5H,3-4,6H2,1-2H3,(H,10,11)/b7-5+. The third kappa shape index (κ3) is 5.90. The quantitative estimate of drug-likeness (QED) is 0.520. The number of rotatable bonds is 5. The maximum Gasteiger partial charge on any atom is 0.333 e. The molecule has 13 heavy (non-hydrogen) atoms. The van der Waals surface area contributed by atoms with Crippen molar-refractivity contribution in [1.29, 1.82) is 0 Å². The number of carbonyl (C=O) groups excluding carboxylic acids is 1. The Morgan fingerprint density at radius 1 is 1.46 bits per heavy atom. The molecule has 0 bridgehead atoms. The molecular weight excluding hydrogens is 172 g/mol. The first kappa shape index (κ1) is 11.7. The summed E-state index contributed by atoms with van der Waals surface area (Å²) in [6, 6.07) is 0. The highest BCUT2D eigenvalue weighted by molar-refractivity contribution is 5.87. The number of carboxylic acid groups (broad SMARTS) is 1. The Bertz CT molecular complexity index is 218. The minimum absolute atomic E-state index is 0.0384. The zero-order valence-electron chi connectivity index (χ0n) is 7.87. The van der Waals surface area contributed by atoms with Crippen molar-refractivity contribution in [3.05, 3.63) is 11.6 Å². The lowest BCUT2D eigenvalue weighted by molar-refractivity contribution is -0.139. The fraction of sp³-hybridized carbons (Fsp3) is 0.556.